The molecule has 0 aliphatic rings. The number of hydrogen-bond donors (Lipinski definition) is 9. The number of nitrogens with one attached hydrogen (secondary N) is 3. The van der Waals surface area contributed by atoms with Crippen LogP contribution in [0.1, 0.15) is 38.2 Å². The molecule has 0 radical (unpaired) electrons. The molecule has 5 unspecified atom stereocenters. The average Bonchev–Trinajstić information content (AvgIpc) is 2.82. The highest BCUT2D eigenvalue weighted by molar-refractivity contribution is 5.96. The Hall–Kier alpha value is -3.75. The van der Waals surface area contributed by atoms with Gasteiger partial charge in [-0.2, -0.15) is 0 Å². The van der Waals surface area contributed by atoms with E-state index in [4.69, 9.17) is 17.2 Å². The van der Waals surface area contributed by atoms with Crippen LogP contribution in [0.2, 0.25) is 0 Å². The molecule has 1 aromatic carbocycles. The van der Waals surface area contributed by atoms with E-state index >= 15 is 0 Å². The minimum absolute atomic E-state index is 0.0293. The summed E-state index contributed by atoms with van der Waals surface area (Å²) in [5.74, 6) is -4.95. The van der Waals surface area contributed by atoms with Crippen LogP contribution in [0, 0.1) is 0 Å². The predicted molar refractivity (Wildman–Crippen MR) is 132 cm³/mol. The number of unbranched alkanes of at least 4 members (excludes halogenated alkanes) is 1. The molecule has 0 bridgehead atoms. The van der Waals surface area contributed by atoms with E-state index in [2.05, 4.69) is 16.0 Å². The fourth-order valence-electron chi connectivity index (χ4n) is 3.27. The van der Waals surface area contributed by atoms with Crippen molar-refractivity contribution in [2.45, 2.75) is 69.3 Å². The van der Waals surface area contributed by atoms with E-state index in [-0.39, 0.29) is 18.6 Å². The highest BCUT2D eigenvalue weighted by Gasteiger charge is 2.32. The number of primary amides is 1. The first kappa shape index (κ1) is 31.3. The van der Waals surface area contributed by atoms with Gasteiger partial charge in [-0.15, -0.1) is 0 Å². The number of carbonyl (C=O) groups is 5. The van der Waals surface area contributed by atoms with Crippen molar-refractivity contribution in [1.29, 1.82) is 0 Å². The first-order valence-electron chi connectivity index (χ1n) is 11.7. The Balaban J connectivity index is 3.15. The van der Waals surface area contributed by atoms with Gasteiger partial charge < -0.3 is 48.5 Å². The van der Waals surface area contributed by atoms with Gasteiger partial charge in [-0.05, 0) is 50.4 Å². The van der Waals surface area contributed by atoms with Crippen LogP contribution in [0.4, 0.5) is 0 Å². The lowest BCUT2D eigenvalue weighted by Crippen LogP contribution is -2.59. The summed E-state index contributed by atoms with van der Waals surface area (Å²) in [6.07, 6.45) is -0.894. The zero-order valence-electron chi connectivity index (χ0n) is 20.6. The van der Waals surface area contributed by atoms with E-state index in [0.717, 1.165) is 0 Å². The topological polar surface area (TPSA) is 260 Å². The molecule has 14 nitrogen and oxygen atoms in total. The van der Waals surface area contributed by atoms with Crippen molar-refractivity contribution in [1.82, 2.24) is 16.0 Å². The maximum atomic E-state index is 13.1. The molecule has 0 aromatic heterocycles. The Morgan fingerprint density at radius 3 is 1.95 bits per heavy atom. The van der Waals surface area contributed by atoms with Crippen molar-refractivity contribution >= 4 is 29.6 Å². The highest BCUT2D eigenvalue weighted by atomic mass is 16.4. The molecule has 206 valence electrons. The van der Waals surface area contributed by atoms with Crippen molar-refractivity contribution in [2.24, 2.45) is 17.2 Å². The van der Waals surface area contributed by atoms with Gasteiger partial charge in [0.25, 0.3) is 0 Å². The molecule has 0 heterocycles. The van der Waals surface area contributed by atoms with Gasteiger partial charge >= 0.3 is 5.97 Å². The molecule has 4 amide bonds. The summed E-state index contributed by atoms with van der Waals surface area (Å²) in [5.41, 5.74) is 16.7. The number of aliphatic carboxylic acids is 1. The Morgan fingerprint density at radius 1 is 0.892 bits per heavy atom. The number of aromatic hydroxyl groups is 1. The number of phenols is 1. The summed E-state index contributed by atoms with van der Waals surface area (Å²) in [6, 6.07) is 0.242. The highest BCUT2D eigenvalue weighted by Crippen LogP contribution is 2.12. The van der Waals surface area contributed by atoms with Gasteiger partial charge in [0.2, 0.25) is 23.6 Å². The molecule has 0 fully saturated rings. The van der Waals surface area contributed by atoms with E-state index in [1.165, 1.54) is 31.2 Å². The van der Waals surface area contributed by atoms with Crippen LogP contribution in [0.25, 0.3) is 0 Å². The molecule has 5 atom stereocenters. The summed E-state index contributed by atoms with van der Waals surface area (Å²) in [7, 11) is 0. The Bertz CT molecular complexity index is 940. The van der Waals surface area contributed by atoms with Crippen molar-refractivity contribution in [2.75, 3.05) is 6.54 Å². The molecule has 1 rings (SSSR count). The second-order valence-electron chi connectivity index (χ2n) is 8.61. The van der Waals surface area contributed by atoms with Crippen molar-refractivity contribution in [3.63, 3.8) is 0 Å². The lowest BCUT2D eigenvalue weighted by molar-refractivity contribution is -0.142. The van der Waals surface area contributed by atoms with Crippen molar-refractivity contribution in [3.8, 4) is 5.75 Å². The molecular formula is C23H36N6O8. The number of phenolic OH excluding ortho intramolecular Hbond substituents is 1. The Kier molecular flexibility index (Phi) is 13.0. The normalized spacial score (nSPS) is 14.9. The number of rotatable bonds is 16. The fourth-order valence-corrected chi connectivity index (χ4v) is 3.27. The fraction of sp³-hybridized carbons (Fsp3) is 0.522. The van der Waals surface area contributed by atoms with Crippen LogP contribution >= 0.6 is 0 Å². The number of carbonyl (C=O) groups excluding carboxylic acids is 4. The number of nitrogens with two attached hydrogens (primary N) is 3. The lowest BCUT2D eigenvalue weighted by atomic mass is 10.0. The van der Waals surface area contributed by atoms with E-state index in [1.54, 1.807) is 0 Å². The second-order valence-corrected chi connectivity index (χ2v) is 8.61. The van der Waals surface area contributed by atoms with Crippen LogP contribution in [0.5, 0.6) is 5.75 Å². The van der Waals surface area contributed by atoms with Gasteiger partial charge in [0.15, 0.2) is 0 Å². The monoisotopic (exact) mass is 524 g/mol. The largest absolute Gasteiger partial charge is 0.508 e. The first-order valence-corrected chi connectivity index (χ1v) is 11.7. The Labute approximate surface area is 213 Å². The summed E-state index contributed by atoms with van der Waals surface area (Å²) >= 11 is 0. The van der Waals surface area contributed by atoms with Crippen LogP contribution in [0.3, 0.4) is 0 Å². The van der Waals surface area contributed by atoms with Crippen LogP contribution in [-0.4, -0.2) is 81.7 Å². The summed E-state index contributed by atoms with van der Waals surface area (Å²) in [4.78, 5) is 61.5. The first-order chi connectivity index (χ1) is 17.3. The van der Waals surface area contributed by atoms with Gasteiger partial charge in [0.05, 0.1) is 12.5 Å². The molecule has 12 N–H and O–H groups in total. The number of amides is 4. The van der Waals surface area contributed by atoms with Gasteiger partial charge in [0.1, 0.15) is 29.9 Å². The molecule has 1 aromatic rings. The number of hydrogen-bond acceptors (Lipinski definition) is 9. The lowest BCUT2D eigenvalue weighted by Gasteiger charge is -2.25. The maximum Gasteiger partial charge on any atom is 0.326 e. The quantitative estimate of drug-likeness (QED) is 0.100. The third-order valence-corrected chi connectivity index (χ3v) is 5.43. The SMILES string of the molecule is CC(O)C(N)C(=O)NC(CC(N)=O)C(=O)NC(Cc1ccc(O)cc1)C(=O)NC(CCCCN)C(=O)O. The van der Waals surface area contributed by atoms with E-state index in [0.29, 0.717) is 24.9 Å². The number of aliphatic hydroxyl groups excluding tert-OH is 1. The molecule has 14 heteroatoms. The molecule has 0 aliphatic heterocycles. The second kappa shape index (κ2) is 15.4. The van der Waals surface area contributed by atoms with Crippen LogP contribution in [-0.2, 0) is 30.4 Å². The summed E-state index contributed by atoms with van der Waals surface area (Å²) in [6.45, 7) is 1.61. The van der Waals surface area contributed by atoms with Crippen LogP contribution < -0.4 is 33.2 Å². The molecule has 37 heavy (non-hydrogen) atoms. The third-order valence-electron chi connectivity index (χ3n) is 5.43. The van der Waals surface area contributed by atoms with E-state index < -0.39 is 66.3 Å². The van der Waals surface area contributed by atoms with Crippen molar-refractivity contribution < 1.29 is 39.3 Å². The van der Waals surface area contributed by atoms with Gasteiger partial charge in [-0.1, -0.05) is 12.1 Å². The zero-order valence-corrected chi connectivity index (χ0v) is 20.6. The van der Waals surface area contributed by atoms with E-state index in [1.807, 2.05) is 0 Å². The van der Waals surface area contributed by atoms with Gasteiger partial charge in [-0.25, -0.2) is 4.79 Å². The minimum Gasteiger partial charge on any atom is -0.508 e. The minimum atomic E-state index is -1.52. The smallest absolute Gasteiger partial charge is 0.326 e. The van der Waals surface area contributed by atoms with Crippen molar-refractivity contribution in [3.05, 3.63) is 29.8 Å². The Morgan fingerprint density at radius 2 is 1.43 bits per heavy atom. The average molecular weight is 525 g/mol. The summed E-state index contributed by atoms with van der Waals surface area (Å²) in [5, 5.41) is 35.6. The number of carboxylic acid groups (broad SMARTS) is 1. The molecular weight excluding hydrogens is 488 g/mol. The molecule has 0 aliphatic carbocycles. The number of aliphatic hydroxyl groups is 1. The van der Waals surface area contributed by atoms with E-state index in [9.17, 15) is 39.3 Å². The maximum absolute atomic E-state index is 13.1. The van der Waals surface area contributed by atoms with Gasteiger partial charge in [0, 0.05) is 6.42 Å². The van der Waals surface area contributed by atoms with Gasteiger partial charge in [-0.3, -0.25) is 19.2 Å². The number of carboxylic acids is 1. The molecule has 0 saturated carbocycles. The number of benzene rings is 1. The summed E-state index contributed by atoms with van der Waals surface area (Å²) < 4.78 is 0. The predicted octanol–water partition coefficient (Wildman–Crippen LogP) is -2.81. The molecule has 0 spiro atoms. The third kappa shape index (κ3) is 11.2. The van der Waals surface area contributed by atoms with Crippen LogP contribution in [0.15, 0.2) is 24.3 Å². The zero-order chi connectivity index (χ0) is 28.1. The standard InChI is InChI=1S/C23H36N6O8/c1-12(30)19(26)22(35)29-17(11-18(25)32)21(34)28-16(10-13-5-7-14(31)8-6-13)20(33)27-15(23(36)37)4-2-3-9-24/h5-8,12,15-17,19,30-31H,2-4,9-11,24,26H2,1H3,(H2,25,32)(H,27,33)(H,28,34)(H,29,35)(H,36,37). The molecule has 0 saturated heterocycles.